The van der Waals surface area contributed by atoms with Gasteiger partial charge in [-0.1, -0.05) is 24.8 Å². The van der Waals surface area contributed by atoms with Crippen molar-refractivity contribution in [2.24, 2.45) is 28.9 Å². The van der Waals surface area contributed by atoms with Gasteiger partial charge in [0.2, 0.25) is 5.90 Å². The van der Waals surface area contributed by atoms with Crippen LogP contribution in [0.15, 0.2) is 70.9 Å². The summed E-state index contributed by atoms with van der Waals surface area (Å²) in [6.45, 7) is 8.49. The van der Waals surface area contributed by atoms with Crippen molar-refractivity contribution in [1.29, 1.82) is 0 Å². The van der Waals surface area contributed by atoms with Crippen LogP contribution in [0.2, 0.25) is 0 Å². The molecule has 35 heavy (non-hydrogen) atoms. The number of nitrogens with zero attached hydrogens (tertiary/aromatic N) is 4. The highest BCUT2D eigenvalue weighted by Gasteiger charge is 2.45. The fourth-order valence-corrected chi connectivity index (χ4v) is 4.43. The number of aliphatic imine (C=N–C) groups is 2. The fourth-order valence-electron chi connectivity index (χ4n) is 4.43. The van der Waals surface area contributed by atoms with E-state index in [1.165, 1.54) is 22.9 Å². The smallest absolute Gasteiger partial charge is 0.307 e. The maximum Gasteiger partial charge on any atom is 0.307 e. The van der Waals surface area contributed by atoms with E-state index in [0.717, 1.165) is 22.4 Å². The van der Waals surface area contributed by atoms with Crippen molar-refractivity contribution in [3.63, 3.8) is 0 Å². The monoisotopic (exact) mass is 470 g/mol. The Morgan fingerprint density at radius 2 is 1.94 bits per heavy atom. The maximum atomic E-state index is 11.0. The standard InChI is InChI=1S/C28H30N4O3/c1-17-11-22(25-9-10-31-32(25)5)12-18(2)27(17)21-8-6-7-20(13-21)16-35-26(29-4)15-30-19(3)23-14-24(23)28(33)34/h6-13,15,23-24H,3,14,16H2,1-2,4-5H3,(H,33,34)/b29-26+,30-15-/t23?,24-/m1/s1. The Bertz CT molecular complexity index is 1310. The van der Waals surface area contributed by atoms with Crippen molar-refractivity contribution in [2.75, 3.05) is 7.05 Å². The molecule has 7 heteroatoms. The first-order valence-electron chi connectivity index (χ1n) is 11.5. The van der Waals surface area contributed by atoms with Crippen molar-refractivity contribution in [2.45, 2.75) is 26.9 Å². The predicted octanol–water partition coefficient (Wildman–Crippen LogP) is 5.22. The highest BCUT2D eigenvalue weighted by Crippen LogP contribution is 2.44. The van der Waals surface area contributed by atoms with E-state index in [2.05, 4.69) is 59.8 Å². The Hall–Kier alpha value is -4.00. The number of aliphatic carboxylic acids is 1. The minimum absolute atomic E-state index is 0.103. The van der Waals surface area contributed by atoms with Crippen LogP contribution in [0.5, 0.6) is 0 Å². The Kier molecular flexibility index (Phi) is 6.96. The molecule has 1 aromatic heterocycles. The number of carbonyl (C=O) groups is 1. The third-order valence-corrected chi connectivity index (χ3v) is 6.35. The molecule has 0 bridgehead atoms. The molecule has 1 aliphatic rings. The number of benzene rings is 2. The summed E-state index contributed by atoms with van der Waals surface area (Å²) in [7, 11) is 3.58. The summed E-state index contributed by atoms with van der Waals surface area (Å²) in [6, 6.07) is 14.7. The molecular formula is C28H30N4O3. The molecule has 0 saturated heterocycles. The molecule has 2 aromatic carbocycles. The van der Waals surface area contributed by atoms with Gasteiger partial charge >= 0.3 is 5.97 Å². The van der Waals surface area contributed by atoms with Gasteiger partial charge in [0.1, 0.15) is 6.61 Å². The Labute approximate surface area is 205 Å². The quantitative estimate of drug-likeness (QED) is 0.361. The Balaban J connectivity index is 1.46. The van der Waals surface area contributed by atoms with Gasteiger partial charge in [0.25, 0.3) is 0 Å². The third-order valence-electron chi connectivity index (χ3n) is 6.35. The lowest BCUT2D eigenvalue weighted by Crippen LogP contribution is -2.07. The number of ether oxygens (including phenoxy) is 1. The summed E-state index contributed by atoms with van der Waals surface area (Å²) in [5.41, 5.74) is 8.51. The van der Waals surface area contributed by atoms with Crippen LogP contribution in [-0.4, -0.2) is 40.0 Å². The van der Waals surface area contributed by atoms with E-state index in [-0.39, 0.29) is 11.8 Å². The molecule has 2 atom stereocenters. The molecule has 0 aliphatic heterocycles. The number of aryl methyl sites for hydroxylation is 3. The molecule has 0 spiro atoms. The van der Waals surface area contributed by atoms with Crippen LogP contribution in [0.3, 0.4) is 0 Å². The number of aromatic nitrogens is 2. The van der Waals surface area contributed by atoms with E-state index in [4.69, 9.17) is 9.84 Å². The average molecular weight is 471 g/mol. The molecule has 1 heterocycles. The molecule has 0 radical (unpaired) electrons. The van der Waals surface area contributed by atoms with Crippen LogP contribution in [-0.2, 0) is 23.2 Å². The second kappa shape index (κ2) is 10.1. The SMILES string of the molecule is C=C(/N=C\C(=N/C)OCc1cccc(-c2c(C)cc(-c3ccnn3C)cc2C)c1)C1C[C@H]1C(=O)O. The van der Waals surface area contributed by atoms with Crippen LogP contribution in [0.4, 0.5) is 0 Å². The number of rotatable bonds is 8. The number of carboxylic acids is 1. The number of allylic oxidation sites excluding steroid dienone is 1. The number of carboxylic acid groups (broad SMARTS) is 1. The maximum absolute atomic E-state index is 11.0. The van der Waals surface area contributed by atoms with Gasteiger partial charge in [-0.25, -0.2) is 0 Å². The van der Waals surface area contributed by atoms with Crippen LogP contribution in [0, 0.1) is 25.7 Å². The lowest BCUT2D eigenvalue weighted by Gasteiger charge is -2.14. The van der Waals surface area contributed by atoms with Gasteiger partial charge in [0.05, 0.1) is 17.8 Å². The summed E-state index contributed by atoms with van der Waals surface area (Å²) in [6.07, 6.45) is 3.90. The zero-order valence-corrected chi connectivity index (χ0v) is 20.5. The van der Waals surface area contributed by atoms with Crippen molar-refractivity contribution in [3.05, 3.63) is 77.6 Å². The normalized spacial score (nSPS) is 17.5. The largest absolute Gasteiger partial charge is 0.481 e. The van der Waals surface area contributed by atoms with Crippen LogP contribution >= 0.6 is 0 Å². The van der Waals surface area contributed by atoms with Gasteiger partial charge in [-0.15, -0.1) is 0 Å². The second-order valence-electron chi connectivity index (χ2n) is 8.91. The van der Waals surface area contributed by atoms with Gasteiger partial charge in [-0.05, 0) is 72.4 Å². The molecule has 7 nitrogen and oxygen atoms in total. The fraction of sp³-hybridized carbons (Fsp3) is 0.286. The molecule has 4 rings (SSSR count). The average Bonchev–Trinajstić information content (AvgIpc) is 3.53. The van der Waals surface area contributed by atoms with Gasteiger partial charge in [0, 0.05) is 37.5 Å². The molecule has 1 N–H and O–H groups in total. The van der Waals surface area contributed by atoms with E-state index in [1.54, 1.807) is 7.05 Å². The zero-order valence-electron chi connectivity index (χ0n) is 20.5. The van der Waals surface area contributed by atoms with E-state index >= 15 is 0 Å². The zero-order chi connectivity index (χ0) is 25.1. The van der Waals surface area contributed by atoms with E-state index < -0.39 is 5.97 Å². The van der Waals surface area contributed by atoms with Gasteiger partial charge in [-0.2, -0.15) is 5.10 Å². The summed E-state index contributed by atoms with van der Waals surface area (Å²) >= 11 is 0. The predicted molar refractivity (Wildman–Crippen MR) is 139 cm³/mol. The molecule has 1 unspecified atom stereocenters. The molecule has 0 amide bonds. The third kappa shape index (κ3) is 5.40. The molecule has 180 valence electrons. The van der Waals surface area contributed by atoms with Crippen LogP contribution in [0.25, 0.3) is 22.4 Å². The van der Waals surface area contributed by atoms with E-state index in [1.807, 2.05) is 36.1 Å². The summed E-state index contributed by atoms with van der Waals surface area (Å²) in [4.78, 5) is 19.5. The second-order valence-corrected chi connectivity index (χ2v) is 8.91. The summed E-state index contributed by atoms with van der Waals surface area (Å²) < 4.78 is 7.75. The number of hydrogen-bond donors (Lipinski definition) is 1. The molecule has 1 saturated carbocycles. The van der Waals surface area contributed by atoms with Crippen LogP contribution in [0.1, 0.15) is 23.1 Å². The first-order valence-corrected chi connectivity index (χ1v) is 11.5. The topological polar surface area (TPSA) is 89.1 Å². The highest BCUT2D eigenvalue weighted by atomic mass is 16.5. The molecule has 1 aliphatic carbocycles. The van der Waals surface area contributed by atoms with Gasteiger partial charge < -0.3 is 9.84 Å². The lowest BCUT2D eigenvalue weighted by molar-refractivity contribution is -0.138. The van der Waals surface area contributed by atoms with Crippen molar-refractivity contribution < 1.29 is 14.6 Å². The first kappa shape index (κ1) is 24.1. The molecular weight excluding hydrogens is 440 g/mol. The minimum Gasteiger partial charge on any atom is -0.481 e. The minimum atomic E-state index is -0.802. The first-order chi connectivity index (χ1) is 16.8. The summed E-state index contributed by atoms with van der Waals surface area (Å²) in [5, 5.41) is 13.4. The Morgan fingerprint density at radius 3 is 2.54 bits per heavy atom. The number of hydrogen-bond acceptors (Lipinski definition) is 5. The lowest BCUT2D eigenvalue weighted by atomic mass is 9.92. The molecule has 3 aromatic rings. The van der Waals surface area contributed by atoms with E-state index in [0.29, 0.717) is 24.6 Å². The van der Waals surface area contributed by atoms with Gasteiger partial charge in [-0.3, -0.25) is 19.5 Å². The van der Waals surface area contributed by atoms with Crippen molar-refractivity contribution in [1.82, 2.24) is 9.78 Å². The van der Waals surface area contributed by atoms with Crippen LogP contribution < -0.4 is 0 Å². The van der Waals surface area contributed by atoms with Crippen molar-refractivity contribution in [3.8, 4) is 22.4 Å². The molecule has 1 fully saturated rings. The van der Waals surface area contributed by atoms with Gasteiger partial charge in [0.15, 0.2) is 0 Å². The highest BCUT2D eigenvalue weighted by molar-refractivity contribution is 6.26. The summed E-state index contributed by atoms with van der Waals surface area (Å²) in [5.74, 6) is -0.911. The Morgan fingerprint density at radius 1 is 1.20 bits per heavy atom. The van der Waals surface area contributed by atoms with Crippen molar-refractivity contribution >= 4 is 18.1 Å². The van der Waals surface area contributed by atoms with E-state index in [9.17, 15) is 4.79 Å².